The van der Waals surface area contributed by atoms with Gasteiger partial charge in [-0.2, -0.15) is 23.5 Å². The van der Waals surface area contributed by atoms with Crippen LogP contribution in [0.4, 0.5) is 0 Å². The zero-order chi connectivity index (χ0) is 32.1. The van der Waals surface area contributed by atoms with Crippen LogP contribution >= 0.6 is 78.1 Å². The van der Waals surface area contributed by atoms with Crippen LogP contribution in [0, 0.1) is 0 Å². The van der Waals surface area contributed by atoms with Gasteiger partial charge >= 0.3 is 0 Å². The van der Waals surface area contributed by atoms with Crippen molar-refractivity contribution in [3.8, 4) is 20.9 Å². The maximum atomic E-state index is 3.90. The third kappa shape index (κ3) is 10.7. The SMILES string of the molecule is CCCCCCCCc1cc(Br)sc1-c1cc2c(-c3sc(Br)cc3CCCCCCCC)cc1CSCc1ccc(cc1)CSC2. The summed E-state index contributed by atoms with van der Waals surface area (Å²) in [6.07, 6.45) is 18.4. The summed E-state index contributed by atoms with van der Waals surface area (Å²) in [5, 5.41) is 0. The first kappa shape index (κ1) is 36.8. The maximum absolute atomic E-state index is 3.90. The predicted molar refractivity (Wildman–Crippen MR) is 219 cm³/mol. The van der Waals surface area contributed by atoms with Crippen LogP contribution in [0.25, 0.3) is 20.9 Å². The van der Waals surface area contributed by atoms with Crippen molar-refractivity contribution in [1.82, 2.24) is 0 Å². The third-order valence-electron chi connectivity index (χ3n) is 9.05. The summed E-state index contributed by atoms with van der Waals surface area (Å²) in [6, 6.07) is 19.4. The molecule has 8 rings (SSSR count). The van der Waals surface area contributed by atoms with Gasteiger partial charge in [0.15, 0.2) is 0 Å². The zero-order valence-corrected chi connectivity index (χ0v) is 34.2. The fraction of sp³-hybridized carbons (Fsp3) is 0.500. The second-order valence-corrected chi connectivity index (χ2v) is 19.6. The van der Waals surface area contributed by atoms with Crippen LogP contribution in [0.2, 0.25) is 0 Å². The van der Waals surface area contributed by atoms with E-state index in [0.717, 1.165) is 23.0 Å². The van der Waals surface area contributed by atoms with E-state index < -0.39 is 0 Å². The van der Waals surface area contributed by atoms with Crippen LogP contribution in [0.1, 0.15) is 124 Å². The van der Waals surface area contributed by atoms with Gasteiger partial charge in [0, 0.05) is 32.8 Å². The standard InChI is InChI=1S/C40H50Br2S4/c1-3-5-7-9-11-13-15-31-23-37(41)45-39(31)35-21-34-28-44-26-30-19-17-29(18-20-30)25-43-27-33(35)22-36(34)40-32(24-38(42)46-40)16-14-12-10-8-6-4-2/h17-24H,3-16,25-28H2,1-2H3. The highest BCUT2D eigenvalue weighted by molar-refractivity contribution is 9.11. The van der Waals surface area contributed by atoms with Crippen LogP contribution in [-0.2, 0) is 35.9 Å². The molecule has 248 valence electrons. The van der Waals surface area contributed by atoms with Crippen molar-refractivity contribution in [2.45, 2.75) is 127 Å². The molecule has 0 unspecified atom stereocenters. The van der Waals surface area contributed by atoms with Gasteiger partial charge in [0.2, 0.25) is 0 Å². The van der Waals surface area contributed by atoms with Crippen LogP contribution in [0.15, 0.2) is 56.1 Å². The Labute approximate surface area is 312 Å². The van der Waals surface area contributed by atoms with Gasteiger partial charge in [0.25, 0.3) is 0 Å². The molecule has 4 aliphatic heterocycles. The van der Waals surface area contributed by atoms with Crippen LogP contribution in [0.5, 0.6) is 0 Å². The molecule has 0 fully saturated rings. The molecular weight excluding hydrogens is 769 g/mol. The van der Waals surface area contributed by atoms with Gasteiger partial charge in [-0.15, -0.1) is 22.7 Å². The summed E-state index contributed by atoms with van der Waals surface area (Å²) in [7, 11) is 0. The molecule has 0 radical (unpaired) electrons. The maximum Gasteiger partial charge on any atom is 0.0707 e. The van der Waals surface area contributed by atoms with Gasteiger partial charge < -0.3 is 0 Å². The quantitative estimate of drug-likeness (QED) is 0.103. The minimum Gasteiger partial charge on any atom is -0.152 e. The molecule has 4 aromatic rings. The van der Waals surface area contributed by atoms with E-state index in [9.17, 15) is 0 Å². The molecule has 4 bridgehead atoms. The van der Waals surface area contributed by atoms with Gasteiger partial charge in [0.1, 0.15) is 0 Å². The Kier molecular flexibility index (Phi) is 15.7. The van der Waals surface area contributed by atoms with Crippen molar-refractivity contribution in [1.29, 1.82) is 0 Å². The molecule has 0 saturated carbocycles. The van der Waals surface area contributed by atoms with E-state index in [1.54, 1.807) is 0 Å². The number of unbranched alkanes of at least 4 members (excludes halogenated alkanes) is 10. The van der Waals surface area contributed by atoms with Gasteiger partial charge in [-0.05, 0) is 126 Å². The number of aryl methyl sites for hydroxylation is 2. The molecule has 4 aliphatic rings. The number of hydrogen-bond donors (Lipinski definition) is 0. The molecular formula is C40H50Br2S4. The molecule has 0 atom stereocenters. The molecule has 0 spiro atoms. The minimum absolute atomic E-state index is 1.03. The first-order chi connectivity index (χ1) is 22.6. The number of benzene rings is 2. The topological polar surface area (TPSA) is 0 Å². The van der Waals surface area contributed by atoms with Crippen LogP contribution in [0.3, 0.4) is 0 Å². The number of hydrogen-bond acceptors (Lipinski definition) is 4. The molecule has 0 aliphatic carbocycles. The van der Waals surface area contributed by atoms with Crippen molar-refractivity contribution < 1.29 is 0 Å². The summed E-state index contributed by atoms with van der Waals surface area (Å²) in [4.78, 5) is 2.98. The van der Waals surface area contributed by atoms with E-state index in [4.69, 9.17) is 0 Å². The summed E-state index contributed by atoms with van der Waals surface area (Å²) in [6.45, 7) is 4.61. The Morgan fingerprint density at radius 2 is 0.891 bits per heavy atom. The van der Waals surface area contributed by atoms with Crippen LogP contribution < -0.4 is 0 Å². The Hall–Kier alpha value is -0.500. The van der Waals surface area contributed by atoms with Gasteiger partial charge in [-0.25, -0.2) is 0 Å². The molecule has 0 saturated heterocycles. The van der Waals surface area contributed by atoms with E-state index in [0.29, 0.717) is 0 Å². The average Bonchev–Trinajstić information content (AvgIpc) is 3.62. The number of rotatable bonds is 16. The smallest absolute Gasteiger partial charge is 0.0707 e. The number of thioether (sulfide) groups is 2. The predicted octanol–water partition coefficient (Wildman–Crippen LogP) is 15.7. The lowest BCUT2D eigenvalue weighted by Gasteiger charge is -2.19. The second-order valence-electron chi connectivity index (χ2n) is 12.8. The Morgan fingerprint density at radius 3 is 1.30 bits per heavy atom. The minimum atomic E-state index is 1.03. The Morgan fingerprint density at radius 1 is 0.500 bits per heavy atom. The van der Waals surface area contributed by atoms with Crippen molar-refractivity contribution in [3.63, 3.8) is 0 Å². The van der Waals surface area contributed by atoms with Crippen LogP contribution in [-0.4, -0.2) is 0 Å². The zero-order valence-electron chi connectivity index (χ0n) is 27.7. The highest BCUT2D eigenvalue weighted by Crippen LogP contribution is 2.46. The second kappa shape index (κ2) is 19.6. The monoisotopic (exact) mass is 816 g/mol. The van der Waals surface area contributed by atoms with E-state index in [-0.39, 0.29) is 0 Å². The molecule has 2 aromatic heterocycles. The molecule has 2 aromatic carbocycles. The van der Waals surface area contributed by atoms with Crippen molar-refractivity contribution in [2.75, 3.05) is 0 Å². The largest absolute Gasteiger partial charge is 0.152 e. The van der Waals surface area contributed by atoms with E-state index in [1.807, 2.05) is 22.7 Å². The highest BCUT2D eigenvalue weighted by Gasteiger charge is 2.21. The summed E-state index contributed by atoms with van der Waals surface area (Å²) >= 11 is 15.8. The van der Waals surface area contributed by atoms with E-state index in [2.05, 4.69) is 118 Å². The fourth-order valence-electron chi connectivity index (χ4n) is 6.45. The summed E-state index contributed by atoms with van der Waals surface area (Å²) < 4.78 is 2.53. The van der Waals surface area contributed by atoms with Crippen molar-refractivity contribution >= 4 is 78.1 Å². The van der Waals surface area contributed by atoms with Gasteiger partial charge in [0.05, 0.1) is 7.57 Å². The number of thiophene rings is 2. The van der Waals surface area contributed by atoms with Gasteiger partial charge in [-0.1, -0.05) is 102 Å². The van der Waals surface area contributed by atoms with E-state index >= 15 is 0 Å². The van der Waals surface area contributed by atoms with E-state index in [1.165, 1.54) is 152 Å². The van der Waals surface area contributed by atoms with Gasteiger partial charge in [-0.3, -0.25) is 0 Å². The molecule has 6 heterocycles. The first-order valence-corrected chi connectivity index (χ1v) is 23.0. The molecule has 6 heteroatoms. The lowest BCUT2D eigenvalue weighted by molar-refractivity contribution is 0.608. The highest BCUT2D eigenvalue weighted by atomic mass is 79.9. The normalized spacial score (nSPS) is 13.5. The Bertz CT molecular complexity index is 1390. The summed E-state index contributed by atoms with van der Waals surface area (Å²) in [5.41, 5.74) is 11.9. The first-order valence-electron chi connectivity index (χ1n) is 17.5. The average molecular weight is 819 g/mol. The Balaban J connectivity index is 1.49. The van der Waals surface area contributed by atoms with Crippen molar-refractivity contribution in [3.05, 3.63) is 89.5 Å². The molecule has 46 heavy (non-hydrogen) atoms. The lowest BCUT2D eigenvalue weighted by Crippen LogP contribution is -1.98. The molecule has 0 nitrogen and oxygen atoms in total. The lowest BCUT2D eigenvalue weighted by atomic mass is 9.93. The fourth-order valence-corrected chi connectivity index (χ4v) is 11.9. The van der Waals surface area contributed by atoms with Crippen molar-refractivity contribution in [2.24, 2.45) is 0 Å². The molecule has 0 N–H and O–H groups in total. The summed E-state index contributed by atoms with van der Waals surface area (Å²) in [5.74, 6) is 4.17. The molecule has 0 amide bonds. The number of halogens is 2. The third-order valence-corrected chi connectivity index (χ3v) is 14.6.